The van der Waals surface area contributed by atoms with Crippen LogP contribution in [0.4, 0.5) is 0 Å². The molecule has 3 rings (SSSR count). The van der Waals surface area contributed by atoms with Crippen molar-refractivity contribution in [1.82, 2.24) is 0 Å². The molecular formula is C16H28O8. The molecule has 24 heavy (non-hydrogen) atoms. The molecule has 1 saturated heterocycles. The van der Waals surface area contributed by atoms with Gasteiger partial charge in [-0.3, -0.25) is 0 Å². The summed E-state index contributed by atoms with van der Waals surface area (Å²) in [6, 6.07) is 0. The third kappa shape index (κ3) is 2.15. The van der Waals surface area contributed by atoms with Crippen molar-refractivity contribution in [2.45, 2.75) is 82.1 Å². The van der Waals surface area contributed by atoms with Crippen molar-refractivity contribution >= 4 is 0 Å². The van der Waals surface area contributed by atoms with Gasteiger partial charge in [0.2, 0.25) is 0 Å². The second kappa shape index (κ2) is 5.59. The van der Waals surface area contributed by atoms with Gasteiger partial charge in [0.05, 0.1) is 24.4 Å². The van der Waals surface area contributed by atoms with Crippen molar-refractivity contribution in [3.8, 4) is 0 Å². The lowest BCUT2D eigenvalue weighted by Gasteiger charge is -2.44. The van der Waals surface area contributed by atoms with E-state index >= 15 is 0 Å². The summed E-state index contributed by atoms with van der Waals surface area (Å²) in [6.45, 7) is 5.14. The fourth-order valence-electron chi connectivity index (χ4n) is 4.71. The summed E-state index contributed by atoms with van der Waals surface area (Å²) in [4.78, 5) is 0. The topological polar surface area (TPSA) is 140 Å². The van der Waals surface area contributed by atoms with Gasteiger partial charge in [0.15, 0.2) is 6.29 Å². The highest BCUT2D eigenvalue weighted by molar-refractivity contribution is 5.23. The minimum Gasteiger partial charge on any atom is -0.394 e. The largest absolute Gasteiger partial charge is 0.394 e. The Bertz CT molecular complexity index is 494. The molecule has 0 aromatic rings. The molecule has 2 saturated carbocycles. The Balaban J connectivity index is 1.80. The molecular weight excluding hydrogens is 320 g/mol. The van der Waals surface area contributed by atoms with E-state index in [2.05, 4.69) is 0 Å². The normalized spacial score (nSPS) is 56.6. The van der Waals surface area contributed by atoms with E-state index in [1.807, 2.05) is 20.8 Å². The van der Waals surface area contributed by atoms with Crippen LogP contribution >= 0.6 is 0 Å². The second-order valence-electron chi connectivity index (χ2n) is 8.21. The standard InChI is InChI=1S/C16H28O8/c1-14(2)15(3)4-8(18)16(14,22)5-9(15)24-13-12(21)11(20)10(19)7(6-17)23-13/h7-13,17-22H,4-6H2,1-3H3. The van der Waals surface area contributed by atoms with Crippen molar-refractivity contribution in [3.63, 3.8) is 0 Å². The van der Waals surface area contributed by atoms with E-state index in [0.717, 1.165) is 0 Å². The Labute approximate surface area is 140 Å². The molecule has 6 N–H and O–H groups in total. The fraction of sp³-hybridized carbons (Fsp3) is 1.00. The van der Waals surface area contributed by atoms with Crippen LogP contribution in [0, 0.1) is 10.8 Å². The molecule has 0 radical (unpaired) electrons. The summed E-state index contributed by atoms with van der Waals surface area (Å²) in [7, 11) is 0. The number of rotatable bonds is 3. The Morgan fingerprint density at radius 1 is 1.00 bits per heavy atom. The van der Waals surface area contributed by atoms with Crippen LogP contribution in [-0.4, -0.2) is 85.8 Å². The van der Waals surface area contributed by atoms with Crippen LogP contribution in [0.2, 0.25) is 0 Å². The molecule has 9 unspecified atom stereocenters. The average molecular weight is 348 g/mol. The van der Waals surface area contributed by atoms with Gasteiger partial charge in [0.25, 0.3) is 0 Å². The van der Waals surface area contributed by atoms with Crippen molar-refractivity contribution in [3.05, 3.63) is 0 Å². The lowest BCUT2D eigenvalue weighted by Crippen LogP contribution is -2.60. The Kier molecular flexibility index (Phi) is 4.30. The van der Waals surface area contributed by atoms with E-state index in [-0.39, 0.29) is 6.42 Å². The van der Waals surface area contributed by atoms with Gasteiger partial charge in [0.1, 0.15) is 24.4 Å². The number of fused-ring (bicyclic) bond motifs is 2. The summed E-state index contributed by atoms with van der Waals surface area (Å²) in [6.07, 6.45) is -7.55. The molecule has 0 spiro atoms. The van der Waals surface area contributed by atoms with Gasteiger partial charge < -0.3 is 40.1 Å². The molecule has 2 bridgehead atoms. The number of aliphatic hydroxyl groups is 6. The maximum Gasteiger partial charge on any atom is 0.186 e. The van der Waals surface area contributed by atoms with Crippen LogP contribution in [-0.2, 0) is 9.47 Å². The summed E-state index contributed by atoms with van der Waals surface area (Å²) in [5.74, 6) is 0. The smallest absolute Gasteiger partial charge is 0.186 e. The number of hydrogen-bond donors (Lipinski definition) is 6. The van der Waals surface area contributed by atoms with E-state index in [4.69, 9.17) is 9.47 Å². The van der Waals surface area contributed by atoms with Crippen molar-refractivity contribution < 1.29 is 40.1 Å². The zero-order chi connectivity index (χ0) is 18.1. The Morgan fingerprint density at radius 3 is 2.08 bits per heavy atom. The molecule has 140 valence electrons. The average Bonchev–Trinajstić information content (AvgIpc) is 2.74. The van der Waals surface area contributed by atoms with Crippen molar-refractivity contribution in [2.24, 2.45) is 10.8 Å². The Hall–Kier alpha value is -0.320. The highest BCUT2D eigenvalue weighted by Gasteiger charge is 2.74. The predicted octanol–water partition coefficient (Wildman–Crippen LogP) is -1.90. The monoisotopic (exact) mass is 348 g/mol. The zero-order valence-corrected chi connectivity index (χ0v) is 14.2. The van der Waals surface area contributed by atoms with E-state index in [0.29, 0.717) is 6.42 Å². The first-order valence-electron chi connectivity index (χ1n) is 8.36. The molecule has 8 nitrogen and oxygen atoms in total. The van der Waals surface area contributed by atoms with E-state index in [1.54, 1.807) is 0 Å². The van der Waals surface area contributed by atoms with Crippen LogP contribution < -0.4 is 0 Å². The molecule has 1 heterocycles. The van der Waals surface area contributed by atoms with Crippen LogP contribution in [0.5, 0.6) is 0 Å². The molecule has 2 aliphatic carbocycles. The second-order valence-corrected chi connectivity index (χ2v) is 8.21. The summed E-state index contributed by atoms with van der Waals surface area (Å²) in [5.41, 5.74) is -2.47. The van der Waals surface area contributed by atoms with Gasteiger partial charge in [-0.1, -0.05) is 20.8 Å². The van der Waals surface area contributed by atoms with Crippen LogP contribution in [0.25, 0.3) is 0 Å². The van der Waals surface area contributed by atoms with Crippen molar-refractivity contribution in [1.29, 1.82) is 0 Å². The van der Waals surface area contributed by atoms with Gasteiger partial charge in [-0.15, -0.1) is 0 Å². The van der Waals surface area contributed by atoms with E-state index < -0.39 is 66.0 Å². The minimum atomic E-state index is -1.51. The molecule has 3 aliphatic rings. The quantitative estimate of drug-likeness (QED) is 0.348. The highest BCUT2D eigenvalue weighted by atomic mass is 16.7. The van der Waals surface area contributed by atoms with Crippen LogP contribution in [0.3, 0.4) is 0 Å². The lowest BCUT2D eigenvalue weighted by molar-refractivity contribution is -0.320. The number of hydrogen-bond acceptors (Lipinski definition) is 8. The van der Waals surface area contributed by atoms with E-state index in [9.17, 15) is 30.6 Å². The van der Waals surface area contributed by atoms with Gasteiger partial charge >= 0.3 is 0 Å². The summed E-state index contributed by atoms with van der Waals surface area (Å²) in [5, 5.41) is 60.2. The molecule has 3 fully saturated rings. The maximum atomic E-state index is 10.9. The third-order valence-electron chi connectivity index (χ3n) is 7.03. The van der Waals surface area contributed by atoms with Gasteiger partial charge in [-0.2, -0.15) is 0 Å². The molecule has 1 aliphatic heterocycles. The number of aliphatic hydroxyl groups excluding tert-OH is 5. The number of ether oxygens (including phenoxy) is 2. The fourth-order valence-corrected chi connectivity index (χ4v) is 4.71. The Morgan fingerprint density at radius 2 is 1.62 bits per heavy atom. The zero-order valence-electron chi connectivity index (χ0n) is 14.2. The maximum absolute atomic E-state index is 10.9. The van der Waals surface area contributed by atoms with Gasteiger partial charge in [0, 0.05) is 17.3 Å². The third-order valence-corrected chi connectivity index (χ3v) is 7.03. The highest BCUT2D eigenvalue weighted by Crippen LogP contribution is 2.68. The van der Waals surface area contributed by atoms with Crippen molar-refractivity contribution in [2.75, 3.05) is 6.61 Å². The summed E-state index contributed by atoms with van der Waals surface area (Å²) < 4.78 is 11.3. The predicted molar refractivity (Wildman–Crippen MR) is 80.7 cm³/mol. The molecule has 9 atom stereocenters. The summed E-state index contributed by atoms with van der Waals surface area (Å²) >= 11 is 0. The molecule has 8 heteroatoms. The van der Waals surface area contributed by atoms with Gasteiger partial charge in [-0.05, 0) is 6.42 Å². The SMILES string of the molecule is CC12CC(O)C(O)(CC1OC1OC(CO)C(O)C(O)C1O)C2(C)C. The first-order valence-corrected chi connectivity index (χ1v) is 8.36. The van der Waals surface area contributed by atoms with Gasteiger partial charge in [-0.25, -0.2) is 0 Å². The molecule has 0 amide bonds. The van der Waals surface area contributed by atoms with E-state index in [1.165, 1.54) is 0 Å². The van der Waals surface area contributed by atoms with Crippen LogP contribution in [0.15, 0.2) is 0 Å². The molecule has 0 aromatic carbocycles. The first kappa shape index (κ1) is 18.5. The van der Waals surface area contributed by atoms with Crippen LogP contribution in [0.1, 0.15) is 33.6 Å². The first-order chi connectivity index (χ1) is 11.0. The minimum absolute atomic E-state index is 0.173. The lowest BCUT2D eigenvalue weighted by atomic mass is 9.69. The molecule has 0 aromatic heterocycles.